The molecule has 0 aliphatic carbocycles. The zero-order valence-corrected chi connectivity index (χ0v) is 13.0. The molecule has 0 aliphatic heterocycles. The first kappa shape index (κ1) is 17.0. The van der Waals surface area contributed by atoms with E-state index in [4.69, 9.17) is 5.73 Å². The molecular weight excluding hydrogens is 266 g/mol. The molecular formula is C16H25N3O2. The zero-order chi connectivity index (χ0) is 15.8. The van der Waals surface area contributed by atoms with Crippen molar-refractivity contribution in [3.05, 3.63) is 29.8 Å². The van der Waals surface area contributed by atoms with E-state index < -0.39 is 6.04 Å². The second-order valence-corrected chi connectivity index (χ2v) is 5.61. The van der Waals surface area contributed by atoms with Crippen LogP contribution < -0.4 is 16.4 Å². The van der Waals surface area contributed by atoms with Crippen molar-refractivity contribution in [1.29, 1.82) is 0 Å². The number of nitrogens with one attached hydrogen (secondary N) is 2. The molecule has 0 aliphatic rings. The number of anilines is 1. The van der Waals surface area contributed by atoms with Gasteiger partial charge in [0.2, 0.25) is 11.8 Å². The minimum atomic E-state index is -0.464. The number of likely N-dealkylation sites (N-methyl/N-ethyl adjacent to an activating group) is 1. The van der Waals surface area contributed by atoms with Crippen molar-refractivity contribution >= 4 is 17.5 Å². The van der Waals surface area contributed by atoms with Crippen LogP contribution >= 0.6 is 0 Å². The summed E-state index contributed by atoms with van der Waals surface area (Å²) in [7, 11) is 1.58. The monoisotopic (exact) mass is 291 g/mol. The molecule has 0 saturated carbocycles. The highest BCUT2D eigenvalue weighted by Gasteiger charge is 2.20. The normalized spacial score (nSPS) is 12.0. The second kappa shape index (κ2) is 8.29. The van der Waals surface area contributed by atoms with Crippen molar-refractivity contribution in [2.24, 2.45) is 5.92 Å². The van der Waals surface area contributed by atoms with E-state index in [0.717, 1.165) is 5.56 Å². The second-order valence-electron chi connectivity index (χ2n) is 5.61. The van der Waals surface area contributed by atoms with Crippen molar-refractivity contribution in [3.63, 3.8) is 0 Å². The van der Waals surface area contributed by atoms with Crippen LogP contribution in [0.15, 0.2) is 24.3 Å². The van der Waals surface area contributed by atoms with Gasteiger partial charge in [-0.25, -0.2) is 0 Å². The molecule has 116 valence electrons. The number of carbonyl (C=O) groups is 2. The van der Waals surface area contributed by atoms with E-state index in [9.17, 15) is 9.59 Å². The van der Waals surface area contributed by atoms with Crippen LogP contribution in [-0.4, -0.2) is 24.9 Å². The average molecular weight is 291 g/mol. The molecule has 0 spiro atoms. The summed E-state index contributed by atoms with van der Waals surface area (Å²) in [5, 5.41) is 5.39. The lowest BCUT2D eigenvalue weighted by Crippen LogP contribution is -2.46. The van der Waals surface area contributed by atoms with E-state index in [1.807, 2.05) is 38.1 Å². The van der Waals surface area contributed by atoms with Crippen LogP contribution in [0.2, 0.25) is 0 Å². The maximum atomic E-state index is 12.0. The van der Waals surface area contributed by atoms with E-state index in [1.54, 1.807) is 7.05 Å². The summed E-state index contributed by atoms with van der Waals surface area (Å²) in [5.74, 6) is 0.0790. The summed E-state index contributed by atoms with van der Waals surface area (Å²) < 4.78 is 0. The molecule has 1 rings (SSSR count). The molecule has 0 aromatic heterocycles. The van der Waals surface area contributed by atoms with E-state index in [0.29, 0.717) is 30.9 Å². The SMILES string of the molecule is CNC(=O)C(CC(C)C)NC(=O)CCc1ccc(N)cc1. The van der Waals surface area contributed by atoms with E-state index >= 15 is 0 Å². The number of nitrogens with two attached hydrogens (primary N) is 1. The van der Waals surface area contributed by atoms with Gasteiger partial charge in [0.15, 0.2) is 0 Å². The highest BCUT2D eigenvalue weighted by Crippen LogP contribution is 2.09. The summed E-state index contributed by atoms with van der Waals surface area (Å²) in [5.41, 5.74) is 7.38. The Morgan fingerprint density at radius 3 is 2.33 bits per heavy atom. The number of rotatable bonds is 7. The van der Waals surface area contributed by atoms with E-state index in [2.05, 4.69) is 10.6 Å². The summed E-state index contributed by atoms with van der Waals surface area (Å²) in [6, 6.07) is 6.99. The molecule has 1 atom stereocenters. The molecule has 0 radical (unpaired) electrons. The minimum Gasteiger partial charge on any atom is -0.399 e. The molecule has 2 amide bonds. The van der Waals surface area contributed by atoms with Crippen molar-refractivity contribution in [3.8, 4) is 0 Å². The molecule has 21 heavy (non-hydrogen) atoms. The molecule has 5 nitrogen and oxygen atoms in total. The Balaban J connectivity index is 2.49. The van der Waals surface area contributed by atoms with E-state index in [-0.39, 0.29) is 11.8 Å². The molecule has 4 N–H and O–H groups in total. The van der Waals surface area contributed by atoms with Gasteiger partial charge in [0.1, 0.15) is 6.04 Å². The number of hydrogen-bond acceptors (Lipinski definition) is 3. The molecule has 5 heteroatoms. The topological polar surface area (TPSA) is 84.2 Å². The van der Waals surface area contributed by atoms with Gasteiger partial charge in [-0.2, -0.15) is 0 Å². The Labute approximate surface area is 126 Å². The highest BCUT2D eigenvalue weighted by molar-refractivity contribution is 5.87. The van der Waals surface area contributed by atoms with Crippen LogP contribution in [0.25, 0.3) is 0 Å². The summed E-state index contributed by atoms with van der Waals surface area (Å²) in [4.78, 5) is 23.7. The predicted molar refractivity (Wildman–Crippen MR) is 84.6 cm³/mol. The number of benzene rings is 1. The molecule has 1 aromatic carbocycles. The van der Waals surface area contributed by atoms with Crippen LogP contribution in [0.5, 0.6) is 0 Å². The van der Waals surface area contributed by atoms with Crippen LogP contribution in [0.1, 0.15) is 32.3 Å². The Kier molecular flexibility index (Phi) is 6.72. The van der Waals surface area contributed by atoms with Gasteiger partial charge in [0.25, 0.3) is 0 Å². The third-order valence-electron chi connectivity index (χ3n) is 3.23. The lowest BCUT2D eigenvalue weighted by atomic mass is 10.0. The van der Waals surface area contributed by atoms with Crippen molar-refractivity contribution in [2.75, 3.05) is 12.8 Å². The molecule has 0 bridgehead atoms. The zero-order valence-electron chi connectivity index (χ0n) is 13.0. The fraction of sp³-hybridized carbons (Fsp3) is 0.500. The maximum Gasteiger partial charge on any atom is 0.242 e. The third-order valence-corrected chi connectivity index (χ3v) is 3.23. The first-order valence-corrected chi connectivity index (χ1v) is 7.27. The Bertz CT molecular complexity index is 469. The van der Waals surface area contributed by atoms with Gasteiger partial charge < -0.3 is 16.4 Å². The lowest BCUT2D eigenvalue weighted by molar-refractivity contribution is -0.129. The lowest BCUT2D eigenvalue weighted by Gasteiger charge is -2.19. The smallest absolute Gasteiger partial charge is 0.242 e. The van der Waals surface area contributed by atoms with Gasteiger partial charge in [-0.15, -0.1) is 0 Å². The first-order chi connectivity index (χ1) is 9.92. The molecule has 0 saturated heterocycles. The molecule has 1 unspecified atom stereocenters. The van der Waals surface area contributed by atoms with Gasteiger partial charge >= 0.3 is 0 Å². The summed E-state index contributed by atoms with van der Waals surface area (Å²) in [6.07, 6.45) is 1.62. The predicted octanol–water partition coefficient (Wildman–Crippen LogP) is 1.48. The Morgan fingerprint density at radius 1 is 1.19 bits per heavy atom. The molecule has 0 heterocycles. The fourth-order valence-corrected chi connectivity index (χ4v) is 2.09. The number of aryl methyl sites for hydroxylation is 1. The van der Waals surface area contributed by atoms with E-state index in [1.165, 1.54) is 0 Å². The van der Waals surface area contributed by atoms with Gasteiger partial charge in [0.05, 0.1) is 0 Å². The Hall–Kier alpha value is -2.04. The minimum absolute atomic E-state index is 0.110. The van der Waals surface area contributed by atoms with Crippen LogP contribution in [0.4, 0.5) is 5.69 Å². The molecule has 0 fully saturated rings. The van der Waals surface area contributed by atoms with Crippen LogP contribution in [-0.2, 0) is 16.0 Å². The number of nitrogen functional groups attached to an aromatic ring is 1. The fourth-order valence-electron chi connectivity index (χ4n) is 2.09. The van der Waals surface area contributed by atoms with Crippen LogP contribution in [0, 0.1) is 5.92 Å². The standard InChI is InChI=1S/C16H25N3O2/c1-11(2)10-14(16(21)18-3)19-15(20)9-6-12-4-7-13(17)8-5-12/h4-5,7-8,11,14H,6,9-10,17H2,1-3H3,(H,18,21)(H,19,20). The van der Waals surface area contributed by atoms with Gasteiger partial charge in [0, 0.05) is 19.2 Å². The van der Waals surface area contributed by atoms with Crippen molar-refractivity contribution in [2.45, 2.75) is 39.2 Å². The third kappa shape index (κ3) is 6.29. The van der Waals surface area contributed by atoms with Crippen LogP contribution in [0.3, 0.4) is 0 Å². The van der Waals surface area contributed by atoms with Crippen molar-refractivity contribution < 1.29 is 9.59 Å². The largest absolute Gasteiger partial charge is 0.399 e. The number of amides is 2. The molecule has 1 aromatic rings. The van der Waals surface area contributed by atoms with Gasteiger partial charge in [-0.1, -0.05) is 26.0 Å². The number of carbonyl (C=O) groups excluding carboxylic acids is 2. The highest BCUT2D eigenvalue weighted by atomic mass is 16.2. The average Bonchev–Trinajstić information content (AvgIpc) is 2.44. The quantitative estimate of drug-likeness (QED) is 0.665. The first-order valence-electron chi connectivity index (χ1n) is 7.27. The van der Waals surface area contributed by atoms with Gasteiger partial charge in [-0.05, 0) is 36.5 Å². The van der Waals surface area contributed by atoms with Crippen molar-refractivity contribution in [1.82, 2.24) is 10.6 Å². The summed E-state index contributed by atoms with van der Waals surface area (Å²) in [6.45, 7) is 4.05. The maximum absolute atomic E-state index is 12.0. The van der Waals surface area contributed by atoms with Gasteiger partial charge in [-0.3, -0.25) is 9.59 Å². The Morgan fingerprint density at radius 2 is 1.81 bits per heavy atom. The summed E-state index contributed by atoms with van der Waals surface area (Å²) >= 11 is 0. The number of hydrogen-bond donors (Lipinski definition) is 3.